The quantitative estimate of drug-likeness (QED) is 0.731. The zero-order valence-corrected chi connectivity index (χ0v) is 12.0. The Kier molecular flexibility index (Phi) is 5.38. The lowest BCUT2D eigenvalue weighted by Crippen LogP contribution is -2.28. The number of methoxy groups -OCH3 is 1. The molecular weight excluding hydrogens is 268 g/mol. The summed E-state index contributed by atoms with van der Waals surface area (Å²) in [4.78, 5) is 6.91. The first-order valence-corrected chi connectivity index (χ1v) is 7.30. The highest BCUT2D eigenvalue weighted by Gasteiger charge is 2.09. The molecule has 2 aromatic rings. The summed E-state index contributed by atoms with van der Waals surface area (Å²) < 4.78 is 6.35. The van der Waals surface area contributed by atoms with E-state index in [0.717, 1.165) is 36.8 Å². The van der Waals surface area contributed by atoms with Gasteiger partial charge in [0.25, 0.3) is 0 Å². The fourth-order valence-electron chi connectivity index (χ4n) is 1.79. The van der Waals surface area contributed by atoms with Crippen molar-refractivity contribution in [3.63, 3.8) is 0 Å². The normalized spacial score (nSPS) is 11.5. The summed E-state index contributed by atoms with van der Waals surface area (Å²) in [6, 6.07) is 8.23. The molecule has 0 spiro atoms. The lowest BCUT2D eigenvalue weighted by Gasteiger charge is -2.19. The first kappa shape index (κ1) is 13.7. The maximum absolute atomic E-state index is 5.82. The predicted molar refractivity (Wildman–Crippen MR) is 77.5 cm³/mol. The molecule has 0 saturated carbocycles. The molecule has 1 heterocycles. The van der Waals surface area contributed by atoms with Gasteiger partial charge in [-0.2, -0.15) is 0 Å². The Morgan fingerprint density at radius 2 is 2.17 bits per heavy atom. The number of fused-ring (bicyclic) bond motifs is 1. The monoisotopic (exact) mass is 284 g/mol. The van der Waals surface area contributed by atoms with E-state index in [0.29, 0.717) is 5.88 Å². The van der Waals surface area contributed by atoms with Crippen molar-refractivity contribution in [2.45, 2.75) is 6.54 Å². The first-order chi connectivity index (χ1) is 8.83. The van der Waals surface area contributed by atoms with Crippen molar-refractivity contribution < 1.29 is 4.74 Å². The van der Waals surface area contributed by atoms with E-state index in [-0.39, 0.29) is 0 Å². The summed E-state index contributed by atoms with van der Waals surface area (Å²) in [5, 5.41) is 1.14. The minimum atomic E-state index is 0.634. The van der Waals surface area contributed by atoms with Crippen LogP contribution in [-0.2, 0) is 11.3 Å². The average Bonchev–Trinajstić information content (AvgIpc) is 2.78. The van der Waals surface area contributed by atoms with Crippen LogP contribution in [0.15, 0.2) is 24.3 Å². The van der Waals surface area contributed by atoms with Gasteiger partial charge in [-0.25, -0.2) is 4.98 Å². The number of hydrogen-bond acceptors (Lipinski definition) is 4. The maximum atomic E-state index is 5.82. The van der Waals surface area contributed by atoms with Gasteiger partial charge in [0.2, 0.25) is 0 Å². The van der Waals surface area contributed by atoms with Gasteiger partial charge in [0, 0.05) is 26.1 Å². The number of nitrogens with zero attached hydrogens (tertiary/aromatic N) is 2. The van der Waals surface area contributed by atoms with Crippen LogP contribution in [-0.4, -0.2) is 42.6 Å². The first-order valence-electron chi connectivity index (χ1n) is 5.95. The maximum Gasteiger partial charge on any atom is 0.108 e. The second-order valence-corrected chi connectivity index (χ2v) is 5.53. The lowest BCUT2D eigenvalue weighted by molar-refractivity contribution is 0.148. The number of benzene rings is 1. The second kappa shape index (κ2) is 7.04. The molecule has 0 saturated heterocycles. The van der Waals surface area contributed by atoms with Gasteiger partial charge in [-0.15, -0.1) is 22.9 Å². The van der Waals surface area contributed by atoms with Crippen LogP contribution in [0.4, 0.5) is 0 Å². The summed E-state index contributed by atoms with van der Waals surface area (Å²) in [5.74, 6) is 0.634. The fraction of sp³-hybridized carbons (Fsp3) is 0.462. The van der Waals surface area contributed by atoms with Gasteiger partial charge in [0.1, 0.15) is 5.01 Å². The summed E-state index contributed by atoms with van der Waals surface area (Å²) in [5.41, 5.74) is 1.08. The van der Waals surface area contributed by atoms with E-state index in [1.54, 1.807) is 18.4 Å². The Morgan fingerprint density at radius 3 is 2.89 bits per heavy atom. The molecule has 0 aliphatic heterocycles. The van der Waals surface area contributed by atoms with E-state index in [9.17, 15) is 0 Å². The molecule has 2 rings (SSSR count). The Balaban J connectivity index is 2.05. The number of ether oxygens (including phenoxy) is 1. The molecule has 0 atom stereocenters. The van der Waals surface area contributed by atoms with Crippen molar-refractivity contribution in [1.29, 1.82) is 0 Å². The predicted octanol–water partition coefficient (Wildman–Crippen LogP) is 2.98. The van der Waals surface area contributed by atoms with Crippen LogP contribution in [0.5, 0.6) is 0 Å². The zero-order chi connectivity index (χ0) is 12.8. The van der Waals surface area contributed by atoms with E-state index in [1.165, 1.54) is 4.70 Å². The molecule has 3 nitrogen and oxygen atoms in total. The van der Waals surface area contributed by atoms with Gasteiger partial charge in [0.15, 0.2) is 0 Å². The number of hydrogen-bond donors (Lipinski definition) is 0. The van der Waals surface area contributed by atoms with Crippen LogP contribution in [0.25, 0.3) is 10.2 Å². The second-order valence-electron chi connectivity index (χ2n) is 4.03. The van der Waals surface area contributed by atoms with E-state index < -0.39 is 0 Å². The third-order valence-electron chi connectivity index (χ3n) is 2.71. The summed E-state index contributed by atoms with van der Waals surface area (Å²) in [7, 11) is 1.72. The summed E-state index contributed by atoms with van der Waals surface area (Å²) in [6.45, 7) is 3.32. The minimum Gasteiger partial charge on any atom is -0.383 e. The Bertz CT molecular complexity index is 456. The summed E-state index contributed by atoms with van der Waals surface area (Å²) in [6.07, 6.45) is 0. The van der Waals surface area contributed by atoms with Gasteiger partial charge in [-0.05, 0) is 12.1 Å². The van der Waals surface area contributed by atoms with Crippen LogP contribution in [0.2, 0.25) is 0 Å². The minimum absolute atomic E-state index is 0.634. The number of aromatic nitrogens is 1. The Morgan fingerprint density at radius 1 is 1.33 bits per heavy atom. The fourth-order valence-corrected chi connectivity index (χ4v) is 3.04. The summed E-state index contributed by atoms with van der Waals surface area (Å²) >= 11 is 7.57. The molecule has 0 amide bonds. The number of thiazole rings is 1. The Hall–Kier alpha value is -0.680. The molecule has 0 fully saturated rings. The number of rotatable bonds is 7. The van der Waals surface area contributed by atoms with Crippen LogP contribution >= 0.6 is 22.9 Å². The van der Waals surface area contributed by atoms with Gasteiger partial charge < -0.3 is 4.74 Å². The average molecular weight is 285 g/mol. The topological polar surface area (TPSA) is 25.4 Å². The highest BCUT2D eigenvalue weighted by Crippen LogP contribution is 2.22. The van der Waals surface area contributed by atoms with E-state index in [1.807, 2.05) is 12.1 Å². The molecule has 18 heavy (non-hydrogen) atoms. The lowest BCUT2D eigenvalue weighted by atomic mass is 10.3. The molecule has 1 aromatic carbocycles. The molecule has 98 valence electrons. The van der Waals surface area contributed by atoms with Crippen LogP contribution in [0, 0.1) is 0 Å². The largest absolute Gasteiger partial charge is 0.383 e. The molecule has 0 unspecified atom stereocenters. The van der Waals surface area contributed by atoms with Crippen LogP contribution < -0.4 is 0 Å². The number of halogens is 1. The molecule has 1 aromatic heterocycles. The third kappa shape index (κ3) is 3.65. The molecular formula is C13H17ClN2OS. The SMILES string of the molecule is COCCN(CCCl)Cc1nc2ccccc2s1. The van der Waals surface area contributed by atoms with Crippen molar-refractivity contribution in [1.82, 2.24) is 9.88 Å². The highest BCUT2D eigenvalue weighted by atomic mass is 35.5. The highest BCUT2D eigenvalue weighted by molar-refractivity contribution is 7.18. The van der Waals surface area contributed by atoms with Gasteiger partial charge >= 0.3 is 0 Å². The van der Waals surface area contributed by atoms with Gasteiger partial charge in [-0.3, -0.25) is 4.90 Å². The van der Waals surface area contributed by atoms with Crippen molar-refractivity contribution in [2.75, 3.05) is 32.7 Å². The smallest absolute Gasteiger partial charge is 0.108 e. The number of para-hydroxylation sites is 1. The van der Waals surface area contributed by atoms with Crippen LogP contribution in [0.1, 0.15) is 5.01 Å². The molecule has 0 aliphatic carbocycles. The van der Waals surface area contributed by atoms with Crippen molar-refractivity contribution >= 4 is 33.2 Å². The third-order valence-corrected chi connectivity index (χ3v) is 3.90. The Labute approximate surface area is 116 Å². The zero-order valence-electron chi connectivity index (χ0n) is 10.4. The number of alkyl halides is 1. The molecule has 0 aliphatic rings. The van der Waals surface area contributed by atoms with E-state index in [4.69, 9.17) is 16.3 Å². The molecule has 0 bridgehead atoms. The van der Waals surface area contributed by atoms with E-state index in [2.05, 4.69) is 22.0 Å². The molecule has 5 heteroatoms. The van der Waals surface area contributed by atoms with Gasteiger partial charge in [0.05, 0.1) is 23.4 Å². The standard InChI is InChI=1S/C13H17ClN2OS/c1-17-9-8-16(7-6-14)10-13-15-11-4-2-3-5-12(11)18-13/h2-5H,6-10H2,1H3. The molecule has 0 N–H and O–H groups in total. The van der Waals surface area contributed by atoms with Crippen molar-refractivity contribution in [3.8, 4) is 0 Å². The molecule has 0 radical (unpaired) electrons. The van der Waals surface area contributed by atoms with Gasteiger partial charge in [-0.1, -0.05) is 12.1 Å². The van der Waals surface area contributed by atoms with E-state index >= 15 is 0 Å². The van der Waals surface area contributed by atoms with Crippen molar-refractivity contribution in [3.05, 3.63) is 29.3 Å². The van der Waals surface area contributed by atoms with Crippen LogP contribution in [0.3, 0.4) is 0 Å². The van der Waals surface area contributed by atoms with Crippen molar-refractivity contribution in [2.24, 2.45) is 0 Å².